The van der Waals surface area contributed by atoms with Gasteiger partial charge in [-0.15, -0.1) is 0 Å². The SMILES string of the molecule is C=CC(=O)OC(C)COC(=O)c1cccc(C(=O)O)c1. The zero-order valence-electron chi connectivity index (χ0n) is 10.9. The van der Waals surface area contributed by atoms with E-state index in [1.165, 1.54) is 24.3 Å². The van der Waals surface area contributed by atoms with Gasteiger partial charge in [0.1, 0.15) is 12.7 Å². The van der Waals surface area contributed by atoms with Gasteiger partial charge in [-0.3, -0.25) is 0 Å². The van der Waals surface area contributed by atoms with E-state index in [0.717, 1.165) is 6.08 Å². The Hall–Kier alpha value is -2.63. The summed E-state index contributed by atoms with van der Waals surface area (Å²) in [6.45, 7) is 4.67. The molecule has 1 unspecified atom stereocenters. The first-order chi connectivity index (χ1) is 9.43. The predicted octanol–water partition coefficient (Wildman–Crippen LogP) is 1.66. The molecule has 0 spiro atoms. The summed E-state index contributed by atoms with van der Waals surface area (Å²) in [6.07, 6.45) is 0.390. The molecule has 0 aliphatic carbocycles. The third-order valence-electron chi connectivity index (χ3n) is 2.28. The van der Waals surface area contributed by atoms with Crippen LogP contribution in [0, 0.1) is 0 Å². The zero-order chi connectivity index (χ0) is 15.1. The van der Waals surface area contributed by atoms with E-state index in [1.54, 1.807) is 6.92 Å². The maximum Gasteiger partial charge on any atom is 0.338 e. The van der Waals surface area contributed by atoms with Gasteiger partial charge in [0.25, 0.3) is 0 Å². The van der Waals surface area contributed by atoms with Gasteiger partial charge in [-0.1, -0.05) is 12.6 Å². The van der Waals surface area contributed by atoms with Gasteiger partial charge in [0.05, 0.1) is 11.1 Å². The number of carboxylic acid groups (broad SMARTS) is 1. The lowest BCUT2D eigenvalue weighted by molar-refractivity contribution is -0.144. The fraction of sp³-hybridized carbons (Fsp3) is 0.214. The Balaban J connectivity index is 2.59. The fourth-order valence-corrected chi connectivity index (χ4v) is 1.34. The lowest BCUT2D eigenvalue weighted by Crippen LogP contribution is -2.21. The van der Waals surface area contributed by atoms with Gasteiger partial charge in [0.2, 0.25) is 0 Å². The number of esters is 2. The Bertz CT molecular complexity index is 534. The zero-order valence-corrected chi connectivity index (χ0v) is 10.9. The highest BCUT2D eigenvalue weighted by Gasteiger charge is 2.13. The smallest absolute Gasteiger partial charge is 0.338 e. The Kier molecular flexibility index (Phi) is 5.46. The van der Waals surface area contributed by atoms with Gasteiger partial charge in [-0.2, -0.15) is 0 Å². The van der Waals surface area contributed by atoms with Gasteiger partial charge < -0.3 is 14.6 Å². The average molecular weight is 278 g/mol. The molecule has 1 rings (SSSR count). The van der Waals surface area contributed by atoms with Crippen LogP contribution in [0.25, 0.3) is 0 Å². The van der Waals surface area contributed by atoms with Crippen LogP contribution in [0.15, 0.2) is 36.9 Å². The Morgan fingerprint density at radius 2 is 2.00 bits per heavy atom. The predicted molar refractivity (Wildman–Crippen MR) is 69.4 cm³/mol. The van der Waals surface area contributed by atoms with E-state index in [4.69, 9.17) is 14.6 Å². The number of carboxylic acids is 1. The molecule has 6 nitrogen and oxygen atoms in total. The van der Waals surface area contributed by atoms with Crippen molar-refractivity contribution in [3.05, 3.63) is 48.0 Å². The molecule has 1 atom stereocenters. The molecule has 0 saturated heterocycles. The fourth-order valence-electron chi connectivity index (χ4n) is 1.34. The topological polar surface area (TPSA) is 89.9 Å². The number of rotatable bonds is 6. The molecular formula is C14H14O6. The van der Waals surface area contributed by atoms with Gasteiger partial charge >= 0.3 is 17.9 Å². The normalized spacial score (nSPS) is 11.2. The van der Waals surface area contributed by atoms with E-state index in [0.29, 0.717) is 0 Å². The number of carbonyl (C=O) groups is 3. The number of hydrogen-bond acceptors (Lipinski definition) is 5. The van der Waals surface area contributed by atoms with Crippen LogP contribution in [0.1, 0.15) is 27.6 Å². The molecule has 1 aromatic rings. The van der Waals surface area contributed by atoms with Crippen molar-refractivity contribution in [1.82, 2.24) is 0 Å². The summed E-state index contributed by atoms with van der Waals surface area (Å²) in [5.74, 6) is -2.43. The highest BCUT2D eigenvalue weighted by Crippen LogP contribution is 2.07. The molecule has 0 saturated carbocycles. The van der Waals surface area contributed by atoms with Crippen molar-refractivity contribution in [2.75, 3.05) is 6.61 Å². The first-order valence-electron chi connectivity index (χ1n) is 5.77. The molecule has 106 valence electrons. The first-order valence-corrected chi connectivity index (χ1v) is 5.77. The van der Waals surface area contributed by atoms with Crippen molar-refractivity contribution < 1.29 is 29.0 Å². The lowest BCUT2D eigenvalue weighted by Gasteiger charge is -2.12. The highest BCUT2D eigenvalue weighted by molar-refractivity contribution is 5.94. The molecule has 0 heterocycles. The van der Waals surface area contributed by atoms with Gasteiger partial charge in [0, 0.05) is 6.08 Å². The summed E-state index contributed by atoms with van der Waals surface area (Å²) in [6, 6.07) is 5.47. The molecule has 0 aliphatic heterocycles. The molecule has 0 amide bonds. The second kappa shape index (κ2) is 7.08. The number of hydrogen-bond donors (Lipinski definition) is 1. The standard InChI is InChI=1S/C14H14O6/c1-3-12(15)20-9(2)8-19-14(18)11-6-4-5-10(7-11)13(16)17/h3-7,9H,1,8H2,2H3,(H,16,17). The Morgan fingerprint density at radius 1 is 1.35 bits per heavy atom. The Morgan fingerprint density at radius 3 is 2.60 bits per heavy atom. The minimum atomic E-state index is -1.13. The van der Waals surface area contributed by atoms with Crippen molar-refractivity contribution >= 4 is 17.9 Å². The maximum atomic E-state index is 11.7. The minimum absolute atomic E-state index is 0.00872. The quantitative estimate of drug-likeness (QED) is 0.628. The summed E-state index contributed by atoms with van der Waals surface area (Å²) >= 11 is 0. The van der Waals surface area contributed by atoms with Crippen LogP contribution in [0.2, 0.25) is 0 Å². The maximum absolute atomic E-state index is 11.7. The summed E-state index contributed by atoms with van der Waals surface area (Å²) in [5, 5.41) is 8.82. The number of benzene rings is 1. The number of aromatic carboxylic acids is 1. The van der Waals surface area contributed by atoms with E-state index in [1.807, 2.05) is 0 Å². The first kappa shape index (κ1) is 15.4. The second-order valence-corrected chi connectivity index (χ2v) is 3.94. The Labute approximate surface area is 115 Å². The lowest BCUT2D eigenvalue weighted by atomic mass is 10.1. The largest absolute Gasteiger partial charge is 0.478 e. The monoisotopic (exact) mass is 278 g/mol. The van der Waals surface area contributed by atoms with Crippen molar-refractivity contribution in [2.45, 2.75) is 13.0 Å². The molecule has 1 aromatic carbocycles. The van der Waals surface area contributed by atoms with Crippen molar-refractivity contribution in [3.63, 3.8) is 0 Å². The van der Waals surface area contributed by atoms with E-state index >= 15 is 0 Å². The summed E-state index contributed by atoms with van der Waals surface area (Å²) in [5.41, 5.74) is 0.109. The van der Waals surface area contributed by atoms with Gasteiger partial charge in [-0.05, 0) is 25.1 Å². The van der Waals surface area contributed by atoms with Crippen molar-refractivity contribution in [1.29, 1.82) is 0 Å². The van der Waals surface area contributed by atoms with Crippen molar-refractivity contribution in [3.8, 4) is 0 Å². The van der Waals surface area contributed by atoms with E-state index < -0.39 is 24.0 Å². The highest BCUT2D eigenvalue weighted by atomic mass is 16.6. The van der Waals surface area contributed by atoms with E-state index in [-0.39, 0.29) is 17.7 Å². The molecule has 0 fully saturated rings. The van der Waals surface area contributed by atoms with Crippen LogP contribution in [0.3, 0.4) is 0 Å². The molecule has 20 heavy (non-hydrogen) atoms. The van der Waals surface area contributed by atoms with Crippen LogP contribution in [-0.2, 0) is 14.3 Å². The molecular weight excluding hydrogens is 264 g/mol. The van der Waals surface area contributed by atoms with E-state index in [2.05, 4.69) is 6.58 Å². The molecule has 0 radical (unpaired) electrons. The minimum Gasteiger partial charge on any atom is -0.478 e. The summed E-state index contributed by atoms with van der Waals surface area (Å²) in [7, 11) is 0. The van der Waals surface area contributed by atoms with Crippen LogP contribution >= 0.6 is 0 Å². The molecule has 0 aliphatic rings. The van der Waals surface area contributed by atoms with Crippen LogP contribution in [-0.4, -0.2) is 35.7 Å². The van der Waals surface area contributed by atoms with Gasteiger partial charge in [0.15, 0.2) is 0 Å². The van der Waals surface area contributed by atoms with Crippen LogP contribution in [0.4, 0.5) is 0 Å². The second-order valence-electron chi connectivity index (χ2n) is 3.94. The van der Waals surface area contributed by atoms with E-state index in [9.17, 15) is 14.4 Å². The van der Waals surface area contributed by atoms with Gasteiger partial charge in [-0.25, -0.2) is 14.4 Å². The van der Waals surface area contributed by atoms with Crippen LogP contribution < -0.4 is 0 Å². The molecule has 0 aromatic heterocycles. The number of carbonyl (C=O) groups excluding carboxylic acids is 2. The molecule has 6 heteroatoms. The summed E-state index contributed by atoms with van der Waals surface area (Å²) in [4.78, 5) is 33.4. The third-order valence-corrected chi connectivity index (χ3v) is 2.28. The number of ether oxygens (including phenoxy) is 2. The average Bonchev–Trinajstić information content (AvgIpc) is 2.44. The molecule has 0 bridgehead atoms. The molecule has 1 N–H and O–H groups in total. The third kappa shape index (κ3) is 4.56. The van der Waals surface area contributed by atoms with Crippen molar-refractivity contribution in [2.24, 2.45) is 0 Å². The van der Waals surface area contributed by atoms with Crippen LogP contribution in [0.5, 0.6) is 0 Å². The summed E-state index contributed by atoms with van der Waals surface area (Å²) < 4.78 is 9.75.